The molecule has 0 aliphatic carbocycles. The molecule has 0 saturated heterocycles. The Morgan fingerprint density at radius 2 is 1.79 bits per heavy atom. The monoisotopic (exact) mass is 587 g/mol. The van der Waals surface area contributed by atoms with Crippen LogP contribution in [0.15, 0.2) is 40.5 Å². The average Bonchev–Trinajstić information content (AvgIpc) is 3.25. The van der Waals surface area contributed by atoms with Crippen LogP contribution in [0.4, 0.5) is 46.6 Å². The number of hydrogen-bond acceptors (Lipinski definition) is 9. The van der Waals surface area contributed by atoms with Gasteiger partial charge in [0.25, 0.3) is 11.6 Å². The van der Waals surface area contributed by atoms with Crippen LogP contribution >= 0.6 is 11.8 Å². The van der Waals surface area contributed by atoms with Gasteiger partial charge in [0, 0.05) is 28.8 Å². The molecule has 1 amide bonds. The van der Waals surface area contributed by atoms with Crippen molar-refractivity contribution in [3.05, 3.63) is 57.5 Å². The first-order valence-electron chi connectivity index (χ1n) is 9.69. The number of carboxylic acids is 1. The van der Waals surface area contributed by atoms with Crippen molar-refractivity contribution in [3.8, 4) is 0 Å². The second-order valence-electron chi connectivity index (χ2n) is 7.21. The second kappa shape index (κ2) is 10.4. The second-order valence-corrected chi connectivity index (χ2v) is 8.22. The molecule has 0 spiro atoms. The molecule has 0 radical (unpaired) electrons. The molecular formula is C18H9F8N7O5S. The molecule has 208 valence electrons. The Bertz CT molecular complexity index is 1450. The fourth-order valence-corrected chi connectivity index (χ4v) is 3.61. The maximum absolute atomic E-state index is 14.4. The first-order chi connectivity index (χ1) is 18.0. The quantitative estimate of drug-likeness (QED) is 0.213. The Kier molecular flexibility index (Phi) is 7.75. The molecule has 2 aromatic heterocycles. The van der Waals surface area contributed by atoms with Crippen LogP contribution in [-0.2, 0) is 17.3 Å². The number of alkyl halides is 7. The van der Waals surface area contributed by atoms with Gasteiger partial charge in [-0.3, -0.25) is 19.7 Å². The Morgan fingerprint density at radius 3 is 2.36 bits per heavy atom. The molecule has 3 aromatic rings. The lowest BCUT2D eigenvalue weighted by molar-refractivity contribution is -0.384. The van der Waals surface area contributed by atoms with Crippen LogP contribution in [0.1, 0.15) is 15.9 Å². The van der Waals surface area contributed by atoms with Gasteiger partial charge in [0.2, 0.25) is 5.16 Å². The number of benzene rings is 1. The molecule has 0 bridgehead atoms. The Morgan fingerprint density at radius 1 is 1.13 bits per heavy atom. The van der Waals surface area contributed by atoms with Crippen LogP contribution in [0.25, 0.3) is 0 Å². The first-order valence-corrected chi connectivity index (χ1v) is 10.5. The fourth-order valence-electron chi connectivity index (χ4n) is 2.73. The minimum atomic E-state index is -6.69. The smallest absolute Gasteiger partial charge is 0.460 e. The van der Waals surface area contributed by atoms with Crippen molar-refractivity contribution in [1.29, 1.82) is 0 Å². The summed E-state index contributed by atoms with van der Waals surface area (Å²) in [5.74, 6) is -18.4. The number of aliphatic carboxylic acids is 1. The number of hydrogen-bond donors (Lipinski definition) is 2. The van der Waals surface area contributed by atoms with Gasteiger partial charge in [0.1, 0.15) is 6.54 Å². The molecule has 1 aromatic carbocycles. The van der Waals surface area contributed by atoms with Crippen LogP contribution in [0.3, 0.4) is 0 Å². The number of nitrogens with one attached hydrogen (secondary N) is 1. The van der Waals surface area contributed by atoms with E-state index in [1.807, 2.05) is 0 Å². The maximum atomic E-state index is 14.4. The molecule has 12 nitrogen and oxygen atoms in total. The number of carbonyl (C=O) groups is 2. The van der Waals surface area contributed by atoms with Crippen molar-refractivity contribution < 1.29 is 54.7 Å². The molecule has 0 saturated carbocycles. The number of nitrogens with zero attached hydrogens (tertiary/aromatic N) is 6. The van der Waals surface area contributed by atoms with Crippen molar-refractivity contribution in [3.63, 3.8) is 0 Å². The summed E-state index contributed by atoms with van der Waals surface area (Å²) in [6, 6.07) is 2.24. The molecule has 21 heteroatoms. The molecule has 0 aliphatic heterocycles. The minimum absolute atomic E-state index is 0.159. The van der Waals surface area contributed by atoms with Crippen molar-refractivity contribution in [2.75, 3.05) is 5.32 Å². The number of halogens is 8. The van der Waals surface area contributed by atoms with E-state index in [1.165, 1.54) is 0 Å². The summed E-state index contributed by atoms with van der Waals surface area (Å²) in [5, 5.41) is 31.8. The molecule has 0 aliphatic rings. The predicted molar refractivity (Wildman–Crippen MR) is 110 cm³/mol. The van der Waals surface area contributed by atoms with E-state index < -0.39 is 75.9 Å². The Labute approximate surface area is 213 Å². The van der Waals surface area contributed by atoms with Gasteiger partial charge in [-0.25, -0.2) is 14.1 Å². The van der Waals surface area contributed by atoms with E-state index in [-0.39, 0.29) is 16.2 Å². The van der Waals surface area contributed by atoms with Gasteiger partial charge in [0.15, 0.2) is 11.6 Å². The summed E-state index contributed by atoms with van der Waals surface area (Å²) >= 11 is 0.541. The van der Waals surface area contributed by atoms with Crippen molar-refractivity contribution in [1.82, 2.24) is 25.2 Å². The normalized spacial score (nSPS) is 12.3. The number of nitro benzene ring substituents is 1. The number of carboxylic acid groups (broad SMARTS) is 1. The maximum Gasteiger partial charge on any atom is 0.460 e. The van der Waals surface area contributed by atoms with Gasteiger partial charge in [-0.2, -0.15) is 30.7 Å². The van der Waals surface area contributed by atoms with Gasteiger partial charge in [-0.15, -0.1) is 5.10 Å². The van der Waals surface area contributed by atoms with E-state index in [1.54, 1.807) is 5.32 Å². The molecule has 0 unspecified atom stereocenters. The van der Waals surface area contributed by atoms with Crippen LogP contribution in [0.5, 0.6) is 0 Å². The average molecular weight is 587 g/mol. The lowest BCUT2D eigenvalue weighted by Gasteiger charge is -2.28. The van der Waals surface area contributed by atoms with E-state index >= 15 is 0 Å². The van der Waals surface area contributed by atoms with Crippen LogP contribution in [0, 0.1) is 15.9 Å². The lowest BCUT2D eigenvalue weighted by atomic mass is 10.0. The standard InChI is InChI=1S/C18H9F8N7O5S/c19-10-3-7(16(20,21)17(22,23)18(24,25)26)5-27-13(10)28-14(36)9-4-8(33(37)38)1-2-11(9)39-15-29-30-31-32(15)6-12(34)35/h1-5H,6H2,(H,34,35)(H,27,28,36). The third-order valence-corrected chi connectivity index (χ3v) is 5.64. The number of pyridine rings is 1. The molecule has 2 heterocycles. The van der Waals surface area contributed by atoms with Crippen LogP contribution < -0.4 is 5.32 Å². The largest absolute Gasteiger partial charge is 0.480 e. The number of non-ortho nitro benzene ring substituents is 1. The third-order valence-electron chi connectivity index (χ3n) is 4.59. The number of carbonyl (C=O) groups excluding carboxylic acids is 1. The van der Waals surface area contributed by atoms with Crippen molar-refractivity contribution in [2.24, 2.45) is 0 Å². The molecule has 2 N–H and O–H groups in total. The number of rotatable bonds is 9. The van der Waals surface area contributed by atoms with Crippen molar-refractivity contribution >= 4 is 35.1 Å². The topological polar surface area (TPSA) is 166 Å². The zero-order valence-electron chi connectivity index (χ0n) is 18.3. The highest BCUT2D eigenvalue weighted by Gasteiger charge is 2.73. The zero-order valence-corrected chi connectivity index (χ0v) is 19.1. The van der Waals surface area contributed by atoms with Gasteiger partial charge in [-0.05, 0) is 34.3 Å². The van der Waals surface area contributed by atoms with E-state index in [2.05, 4.69) is 20.5 Å². The minimum Gasteiger partial charge on any atom is -0.480 e. The van der Waals surface area contributed by atoms with Crippen LogP contribution in [0.2, 0.25) is 0 Å². The first kappa shape index (κ1) is 29.1. The van der Waals surface area contributed by atoms with E-state index in [9.17, 15) is 54.8 Å². The number of anilines is 1. The third kappa shape index (κ3) is 5.86. The summed E-state index contributed by atoms with van der Waals surface area (Å²) in [6.07, 6.45) is -6.92. The highest BCUT2D eigenvalue weighted by Crippen LogP contribution is 2.51. The highest BCUT2D eigenvalue weighted by atomic mass is 32.2. The molecule has 3 rings (SSSR count). The molecule has 0 atom stereocenters. The summed E-state index contributed by atoms with van der Waals surface area (Å²) in [6.45, 7) is -0.719. The lowest BCUT2D eigenvalue weighted by Crippen LogP contribution is -2.50. The van der Waals surface area contributed by atoms with E-state index in [4.69, 9.17) is 5.11 Å². The Hall–Kier alpha value is -4.43. The molecule has 0 fully saturated rings. The number of amides is 1. The Balaban J connectivity index is 1.95. The van der Waals surface area contributed by atoms with Gasteiger partial charge in [0.05, 0.1) is 10.5 Å². The molecular weight excluding hydrogens is 578 g/mol. The van der Waals surface area contributed by atoms with E-state index in [0.29, 0.717) is 17.8 Å². The summed E-state index contributed by atoms with van der Waals surface area (Å²) in [5.41, 5.74) is -3.40. The molecule has 39 heavy (non-hydrogen) atoms. The number of tetrazole rings is 1. The van der Waals surface area contributed by atoms with Gasteiger partial charge in [-0.1, -0.05) is 0 Å². The van der Waals surface area contributed by atoms with Gasteiger partial charge >= 0.3 is 24.0 Å². The zero-order chi connectivity index (χ0) is 29.3. The van der Waals surface area contributed by atoms with Gasteiger partial charge < -0.3 is 10.4 Å². The fraction of sp³-hybridized carbons (Fsp3) is 0.222. The van der Waals surface area contributed by atoms with Crippen molar-refractivity contribution in [2.45, 2.75) is 34.6 Å². The van der Waals surface area contributed by atoms with Crippen LogP contribution in [-0.4, -0.2) is 59.2 Å². The predicted octanol–water partition coefficient (Wildman–Crippen LogP) is 3.89. The highest BCUT2D eigenvalue weighted by molar-refractivity contribution is 7.99. The number of aromatic nitrogens is 5. The summed E-state index contributed by atoms with van der Waals surface area (Å²) in [4.78, 5) is 36.8. The number of nitro groups is 1. The van der Waals surface area contributed by atoms with E-state index in [0.717, 1.165) is 16.8 Å². The SMILES string of the molecule is O=C(O)Cn1nnnc1Sc1ccc([N+](=O)[O-])cc1C(=O)Nc1ncc(C(F)(F)C(F)(F)C(F)(F)F)cc1F. The summed E-state index contributed by atoms with van der Waals surface area (Å²) in [7, 11) is 0. The summed E-state index contributed by atoms with van der Waals surface area (Å²) < 4.78 is 107.